The third-order valence-corrected chi connectivity index (χ3v) is 4.64. The second kappa shape index (κ2) is 10.0. The number of nitrogens with zero attached hydrogens (tertiary/aromatic N) is 1. The molecule has 1 aromatic carbocycles. The summed E-state index contributed by atoms with van der Waals surface area (Å²) in [4.78, 5) is 12.2. The number of piperidine rings is 1. The number of aryl methyl sites for hydroxylation is 1. The number of esters is 1. The van der Waals surface area contributed by atoms with Gasteiger partial charge in [0.15, 0.2) is 0 Å². The Morgan fingerprint density at radius 2 is 1.96 bits per heavy atom. The number of nitrogens with one attached hydrogen (secondary N) is 1. The largest absolute Gasteiger partial charge is 0.464 e. The number of aromatic nitrogens is 1. The molecule has 0 bridgehead atoms. The first-order chi connectivity index (χ1) is 13.1. The Labute approximate surface area is 165 Å². The van der Waals surface area contributed by atoms with Crippen molar-refractivity contribution in [2.24, 2.45) is 18.7 Å². The van der Waals surface area contributed by atoms with Crippen LogP contribution in [-0.2, 0) is 33.1 Å². The number of fused-ring (bicyclic) bond motifs is 1. The van der Waals surface area contributed by atoms with Crippen LogP contribution in [0.1, 0.15) is 18.4 Å². The van der Waals surface area contributed by atoms with E-state index >= 15 is 0 Å². The zero-order chi connectivity index (χ0) is 20.7. The Morgan fingerprint density at radius 1 is 1.36 bits per heavy atom. The molecule has 1 aromatic heterocycles. The van der Waals surface area contributed by atoms with Crippen LogP contribution in [0.25, 0.3) is 10.9 Å². The standard InChI is InChI=1S/C18H25N3O2.CH4O3S/c1-21-11-14(15-4-2-3-5-17(15)21)10-16(19)18(22)23-12-13-6-8-20-9-7-13;1-5(2,3)4/h2-5,11,13,16,20H,6-10,12,19H2,1H3;1H3,(H,2,3,4)/t16-;/m1./s1. The van der Waals surface area contributed by atoms with E-state index in [1.165, 1.54) is 0 Å². The summed E-state index contributed by atoms with van der Waals surface area (Å²) in [5.74, 6) is 0.168. The zero-order valence-corrected chi connectivity index (χ0v) is 17.1. The minimum Gasteiger partial charge on any atom is -0.464 e. The molecule has 2 aromatic rings. The van der Waals surface area contributed by atoms with Crippen molar-refractivity contribution in [2.75, 3.05) is 26.0 Å². The number of nitrogens with two attached hydrogens (primary N) is 1. The number of carbonyl (C=O) groups excluding carboxylic acids is 1. The van der Waals surface area contributed by atoms with Crippen molar-refractivity contribution in [1.29, 1.82) is 0 Å². The maximum Gasteiger partial charge on any atom is 0.323 e. The second-order valence-electron chi connectivity index (χ2n) is 7.15. The summed E-state index contributed by atoms with van der Waals surface area (Å²) >= 11 is 0. The summed E-state index contributed by atoms with van der Waals surface area (Å²) in [5.41, 5.74) is 8.31. The maximum atomic E-state index is 12.2. The molecule has 0 radical (unpaired) electrons. The molecule has 0 aliphatic carbocycles. The molecular formula is C19H29N3O5S. The molecule has 0 amide bonds. The van der Waals surface area contributed by atoms with Crippen LogP contribution in [0.15, 0.2) is 30.5 Å². The average Bonchev–Trinajstić information content (AvgIpc) is 2.95. The fourth-order valence-electron chi connectivity index (χ4n) is 3.26. The number of para-hydroxylation sites is 1. The monoisotopic (exact) mass is 411 g/mol. The average molecular weight is 412 g/mol. The number of hydrogen-bond acceptors (Lipinski definition) is 6. The minimum atomic E-state index is -3.67. The Bertz CT molecular complexity index is 880. The van der Waals surface area contributed by atoms with Crippen LogP contribution in [0, 0.1) is 5.92 Å². The van der Waals surface area contributed by atoms with E-state index in [9.17, 15) is 13.2 Å². The minimum absolute atomic E-state index is 0.295. The predicted molar refractivity (Wildman–Crippen MR) is 109 cm³/mol. The molecule has 0 saturated carbocycles. The van der Waals surface area contributed by atoms with Crippen molar-refractivity contribution in [3.8, 4) is 0 Å². The van der Waals surface area contributed by atoms with Crippen LogP contribution in [0.4, 0.5) is 0 Å². The van der Waals surface area contributed by atoms with Crippen LogP contribution in [0.2, 0.25) is 0 Å². The van der Waals surface area contributed by atoms with Crippen LogP contribution < -0.4 is 11.1 Å². The number of benzene rings is 1. The first kappa shape index (κ1) is 22.4. The van der Waals surface area contributed by atoms with Crippen molar-refractivity contribution >= 4 is 27.0 Å². The highest BCUT2D eigenvalue weighted by atomic mass is 32.2. The van der Waals surface area contributed by atoms with E-state index in [1.807, 2.05) is 25.4 Å². The van der Waals surface area contributed by atoms with Crippen molar-refractivity contribution in [1.82, 2.24) is 9.88 Å². The molecular weight excluding hydrogens is 382 g/mol. The lowest BCUT2D eigenvalue weighted by atomic mass is 9.99. The summed E-state index contributed by atoms with van der Waals surface area (Å²) in [6.45, 7) is 2.50. The molecule has 4 N–H and O–H groups in total. The van der Waals surface area contributed by atoms with Gasteiger partial charge in [0.1, 0.15) is 6.04 Å². The normalized spacial score (nSPS) is 16.3. The molecule has 28 heavy (non-hydrogen) atoms. The molecule has 1 aliphatic heterocycles. The van der Waals surface area contributed by atoms with Crippen LogP contribution in [0.5, 0.6) is 0 Å². The van der Waals surface area contributed by atoms with Crippen LogP contribution in [-0.4, -0.2) is 55.5 Å². The van der Waals surface area contributed by atoms with E-state index in [-0.39, 0.29) is 5.97 Å². The number of ether oxygens (including phenoxy) is 1. The highest BCUT2D eigenvalue weighted by Crippen LogP contribution is 2.21. The summed E-state index contributed by atoms with van der Waals surface area (Å²) in [7, 11) is -1.66. The summed E-state index contributed by atoms with van der Waals surface area (Å²) in [6.07, 6.45) is 5.39. The lowest BCUT2D eigenvalue weighted by Crippen LogP contribution is -2.36. The van der Waals surface area contributed by atoms with E-state index in [0.717, 1.165) is 42.4 Å². The zero-order valence-electron chi connectivity index (χ0n) is 16.3. The van der Waals surface area contributed by atoms with Crippen molar-refractivity contribution in [3.05, 3.63) is 36.0 Å². The molecule has 1 fully saturated rings. The Balaban J connectivity index is 0.000000500. The van der Waals surface area contributed by atoms with Crippen molar-refractivity contribution in [3.63, 3.8) is 0 Å². The van der Waals surface area contributed by atoms with E-state index in [4.69, 9.17) is 15.0 Å². The molecule has 1 aliphatic rings. The van der Waals surface area contributed by atoms with Gasteiger partial charge in [0.05, 0.1) is 12.9 Å². The van der Waals surface area contributed by atoms with E-state index in [2.05, 4.69) is 22.0 Å². The Morgan fingerprint density at radius 3 is 2.61 bits per heavy atom. The molecule has 2 heterocycles. The van der Waals surface area contributed by atoms with Gasteiger partial charge in [-0.2, -0.15) is 8.42 Å². The van der Waals surface area contributed by atoms with Gasteiger partial charge in [-0.25, -0.2) is 0 Å². The van der Waals surface area contributed by atoms with Gasteiger partial charge in [0.2, 0.25) is 0 Å². The fraction of sp³-hybridized carbons (Fsp3) is 0.526. The summed E-state index contributed by atoms with van der Waals surface area (Å²) in [6, 6.07) is 7.55. The Hall–Kier alpha value is -1.94. The smallest absolute Gasteiger partial charge is 0.323 e. The number of hydrogen-bond donors (Lipinski definition) is 3. The molecule has 1 atom stereocenters. The van der Waals surface area contributed by atoms with Crippen LogP contribution in [0.3, 0.4) is 0 Å². The van der Waals surface area contributed by atoms with Gasteiger partial charge in [-0.15, -0.1) is 0 Å². The Kier molecular flexibility index (Phi) is 7.99. The van der Waals surface area contributed by atoms with E-state index in [0.29, 0.717) is 25.2 Å². The lowest BCUT2D eigenvalue weighted by Gasteiger charge is -2.22. The predicted octanol–water partition coefficient (Wildman–Crippen LogP) is 1.09. The van der Waals surface area contributed by atoms with Gasteiger partial charge < -0.3 is 20.4 Å². The van der Waals surface area contributed by atoms with Gasteiger partial charge in [-0.05, 0) is 43.5 Å². The van der Waals surface area contributed by atoms with E-state index < -0.39 is 16.2 Å². The van der Waals surface area contributed by atoms with Gasteiger partial charge in [-0.1, -0.05) is 18.2 Å². The van der Waals surface area contributed by atoms with Crippen molar-refractivity contribution in [2.45, 2.75) is 25.3 Å². The van der Waals surface area contributed by atoms with E-state index in [1.54, 1.807) is 0 Å². The van der Waals surface area contributed by atoms with Gasteiger partial charge in [-0.3, -0.25) is 9.35 Å². The number of carbonyl (C=O) groups is 1. The van der Waals surface area contributed by atoms with Gasteiger partial charge >= 0.3 is 5.97 Å². The second-order valence-corrected chi connectivity index (χ2v) is 8.62. The summed E-state index contributed by atoms with van der Waals surface area (Å²) in [5, 5.41) is 4.46. The molecule has 8 nitrogen and oxygen atoms in total. The fourth-order valence-corrected chi connectivity index (χ4v) is 3.26. The third-order valence-electron chi connectivity index (χ3n) is 4.64. The highest BCUT2D eigenvalue weighted by molar-refractivity contribution is 7.85. The van der Waals surface area contributed by atoms with Gasteiger partial charge in [0.25, 0.3) is 10.1 Å². The number of rotatable bonds is 5. The molecule has 9 heteroatoms. The highest BCUT2D eigenvalue weighted by Gasteiger charge is 2.21. The molecule has 0 unspecified atom stereocenters. The quantitative estimate of drug-likeness (QED) is 0.497. The SMILES string of the molecule is CS(=O)(=O)O.Cn1cc(C[C@@H](N)C(=O)OCC2CCNCC2)c2ccccc21. The molecule has 1 saturated heterocycles. The molecule has 0 spiro atoms. The topological polar surface area (TPSA) is 124 Å². The van der Waals surface area contributed by atoms with Gasteiger partial charge in [0, 0.05) is 30.6 Å². The third kappa shape index (κ3) is 7.23. The lowest BCUT2D eigenvalue weighted by molar-refractivity contribution is -0.146. The molecule has 156 valence electrons. The molecule has 3 rings (SSSR count). The maximum absolute atomic E-state index is 12.2. The van der Waals surface area contributed by atoms with Crippen LogP contribution >= 0.6 is 0 Å². The van der Waals surface area contributed by atoms with Crippen molar-refractivity contribution < 1.29 is 22.5 Å². The first-order valence-electron chi connectivity index (χ1n) is 9.23. The first-order valence-corrected chi connectivity index (χ1v) is 11.1. The summed E-state index contributed by atoms with van der Waals surface area (Å²) < 4.78 is 33.4.